The molecule has 0 radical (unpaired) electrons. The van der Waals surface area contributed by atoms with Crippen molar-refractivity contribution in [2.75, 3.05) is 7.05 Å². The predicted molar refractivity (Wildman–Crippen MR) is 79.9 cm³/mol. The number of fused-ring (bicyclic) bond motifs is 1. The van der Waals surface area contributed by atoms with Crippen LogP contribution < -0.4 is 5.32 Å². The summed E-state index contributed by atoms with van der Waals surface area (Å²) in [6.45, 7) is 0. The molecule has 2 nitrogen and oxygen atoms in total. The molecule has 1 N–H and O–H groups in total. The molecule has 0 saturated carbocycles. The van der Waals surface area contributed by atoms with E-state index in [0.29, 0.717) is 5.56 Å². The first-order valence-corrected chi connectivity index (χ1v) is 8.03. The Morgan fingerprint density at radius 1 is 1.40 bits per heavy atom. The molecule has 0 bridgehead atoms. The van der Waals surface area contributed by atoms with Gasteiger partial charge in [-0.25, -0.2) is 13.8 Å². The van der Waals surface area contributed by atoms with Gasteiger partial charge >= 0.3 is 0 Å². The summed E-state index contributed by atoms with van der Waals surface area (Å²) >= 11 is 4.70. The average Bonchev–Trinajstić information content (AvgIpc) is 2.88. The first-order valence-electron chi connectivity index (χ1n) is 6.42. The van der Waals surface area contributed by atoms with Gasteiger partial charge in [-0.05, 0) is 54.4 Å². The van der Waals surface area contributed by atoms with Crippen LogP contribution in [0.15, 0.2) is 16.6 Å². The van der Waals surface area contributed by atoms with Crippen molar-refractivity contribution >= 4 is 27.3 Å². The van der Waals surface area contributed by atoms with Crippen LogP contribution in [0.5, 0.6) is 0 Å². The van der Waals surface area contributed by atoms with E-state index in [4.69, 9.17) is 0 Å². The molecule has 2 aromatic rings. The fraction of sp³-hybridized carbons (Fsp3) is 0.357. The van der Waals surface area contributed by atoms with E-state index >= 15 is 0 Å². The van der Waals surface area contributed by atoms with Crippen molar-refractivity contribution in [1.29, 1.82) is 0 Å². The summed E-state index contributed by atoms with van der Waals surface area (Å²) in [5, 5.41) is 4.00. The molecule has 1 heterocycles. The maximum absolute atomic E-state index is 13.6. The molecule has 106 valence electrons. The highest BCUT2D eigenvalue weighted by Crippen LogP contribution is 2.40. The number of nitrogens with zero attached hydrogens (tertiary/aromatic N) is 1. The predicted octanol–water partition coefficient (Wildman–Crippen LogP) is 4.45. The number of thiazole rings is 1. The van der Waals surface area contributed by atoms with Gasteiger partial charge in [0.15, 0.2) is 11.6 Å². The van der Waals surface area contributed by atoms with Crippen LogP contribution in [-0.4, -0.2) is 12.0 Å². The van der Waals surface area contributed by atoms with E-state index in [1.165, 1.54) is 4.88 Å². The Labute approximate surface area is 128 Å². The van der Waals surface area contributed by atoms with Gasteiger partial charge in [0.1, 0.15) is 5.01 Å². The van der Waals surface area contributed by atoms with Crippen LogP contribution in [0.2, 0.25) is 0 Å². The van der Waals surface area contributed by atoms with Crippen LogP contribution >= 0.6 is 27.3 Å². The first-order chi connectivity index (χ1) is 9.61. The van der Waals surface area contributed by atoms with Gasteiger partial charge in [-0.2, -0.15) is 0 Å². The lowest BCUT2D eigenvalue weighted by Gasteiger charge is -2.19. The molecule has 0 aliphatic heterocycles. The third-order valence-electron chi connectivity index (χ3n) is 3.57. The fourth-order valence-electron chi connectivity index (χ4n) is 2.51. The number of halogens is 3. The Hall–Kier alpha value is -0.850. The molecule has 1 unspecified atom stereocenters. The summed E-state index contributed by atoms with van der Waals surface area (Å²) in [6, 6.07) is 2.97. The normalized spacial score (nSPS) is 18.1. The van der Waals surface area contributed by atoms with Crippen molar-refractivity contribution in [3.05, 3.63) is 38.8 Å². The summed E-state index contributed by atoms with van der Waals surface area (Å²) in [4.78, 5) is 5.88. The summed E-state index contributed by atoms with van der Waals surface area (Å²) < 4.78 is 27.0. The van der Waals surface area contributed by atoms with Crippen LogP contribution in [0.3, 0.4) is 0 Å². The van der Waals surface area contributed by atoms with E-state index in [1.54, 1.807) is 17.4 Å². The summed E-state index contributed by atoms with van der Waals surface area (Å²) in [5.41, 5.74) is 1.66. The van der Waals surface area contributed by atoms with Crippen molar-refractivity contribution in [2.24, 2.45) is 0 Å². The molecule has 0 fully saturated rings. The Morgan fingerprint density at radius 3 is 2.95 bits per heavy atom. The topological polar surface area (TPSA) is 24.9 Å². The van der Waals surface area contributed by atoms with Gasteiger partial charge in [0, 0.05) is 10.4 Å². The fourth-order valence-corrected chi connectivity index (χ4v) is 4.34. The largest absolute Gasteiger partial charge is 0.312 e. The number of hydrogen-bond donors (Lipinski definition) is 1. The van der Waals surface area contributed by atoms with Crippen molar-refractivity contribution in [1.82, 2.24) is 10.3 Å². The maximum atomic E-state index is 13.6. The van der Waals surface area contributed by atoms with Gasteiger partial charge in [0.2, 0.25) is 0 Å². The van der Waals surface area contributed by atoms with Crippen molar-refractivity contribution < 1.29 is 8.78 Å². The van der Waals surface area contributed by atoms with Gasteiger partial charge in [-0.15, -0.1) is 11.3 Å². The molecule has 1 atom stereocenters. The zero-order valence-corrected chi connectivity index (χ0v) is 13.2. The molecule has 20 heavy (non-hydrogen) atoms. The van der Waals surface area contributed by atoms with Crippen LogP contribution in [0, 0.1) is 11.6 Å². The highest BCUT2D eigenvalue weighted by Gasteiger charge is 2.25. The van der Waals surface area contributed by atoms with E-state index in [2.05, 4.69) is 26.2 Å². The van der Waals surface area contributed by atoms with E-state index in [9.17, 15) is 8.78 Å². The molecule has 0 amide bonds. The van der Waals surface area contributed by atoms with E-state index in [1.807, 2.05) is 7.05 Å². The second-order valence-electron chi connectivity index (χ2n) is 4.78. The lowest BCUT2D eigenvalue weighted by atomic mass is 9.98. The zero-order valence-electron chi connectivity index (χ0n) is 10.8. The molecule has 1 aromatic heterocycles. The molecule has 6 heteroatoms. The van der Waals surface area contributed by atoms with Gasteiger partial charge in [-0.1, -0.05) is 0 Å². The lowest BCUT2D eigenvalue weighted by molar-refractivity contribution is 0.490. The first kappa shape index (κ1) is 14.1. The Bertz CT molecular complexity index is 657. The highest BCUT2D eigenvalue weighted by molar-refractivity contribution is 9.10. The number of aryl methyl sites for hydroxylation is 1. The SMILES string of the molecule is CNC1CCCc2sc(-c3ccc(F)c(F)c3Br)nc21. The molecular weight excluding hydrogens is 346 g/mol. The van der Waals surface area contributed by atoms with Crippen LogP contribution in [0.1, 0.15) is 29.5 Å². The molecule has 0 saturated heterocycles. The van der Waals surface area contributed by atoms with E-state index in [0.717, 1.165) is 36.0 Å². The Kier molecular flexibility index (Phi) is 3.88. The molecule has 3 rings (SSSR count). The van der Waals surface area contributed by atoms with E-state index < -0.39 is 11.6 Å². The number of benzene rings is 1. The smallest absolute Gasteiger partial charge is 0.173 e. The lowest BCUT2D eigenvalue weighted by Crippen LogP contribution is -2.21. The third-order valence-corrected chi connectivity index (χ3v) is 5.51. The third kappa shape index (κ3) is 2.29. The minimum Gasteiger partial charge on any atom is -0.312 e. The number of hydrogen-bond acceptors (Lipinski definition) is 3. The molecule has 1 aliphatic rings. The van der Waals surface area contributed by atoms with Gasteiger partial charge in [-0.3, -0.25) is 0 Å². The van der Waals surface area contributed by atoms with Crippen molar-refractivity contribution in [3.8, 4) is 10.6 Å². The van der Waals surface area contributed by atoms with Gasteiger partial charge < -0.3 is 5.32 Å². The highest BCUT2D eigenvalue weighted by atomic mass is 79.9. The minimum absolute atomic E-state index is 0.143. The van der Waals surface area contributed by atoms with Crippen LogP contribution in [-0.2, 0) is 6.42 Å². The Morgan fingerprint density at radius 2 is 2.20 bits per heavy atom. The van der Waals surface area contributed by atoms with Gasteiger partial charge in [0.05, 0.1) is 16.2 Å². The quantitative estimate of drug-likeness (QED) is 0.802. The van der Waals surface area contributed by atoms with Gasteiger partial charge in [0.25, 0.3) is 0 Å². The maximum Gasteiger partial charge on any atom is 0.173 e. The molecule has 1 aliphatic carbocycles. The minimum atomic E-state index is -0.860. The second kappa shape index (κ2) is 5.50. The monoisotopic (exact) mass is 358 g/mol. The summed E-state index contributed by atoms with van der Waals surface area (Å²) in [5.74, 6) is -1.71. The van der Waals surface area contributed by atoms with Crippen LogP contribution in [0.25, 0.3) is 10.6 Å². The summed E-state index contributed by atoms with van der Waals surface area (Å²) in [6.07, 6.45) is 3.19. The zero-order chi connectivity index (χ0) is 14.3. The second-order valence-corrected chi connectivity index (χ2v) is 6.66. The standard InChI is InChI=1S/C14H13BrF2N2S/c1-18-9-3-2-4-10-13(9)19-14(20-10)7-5-6-8(16)12(17)11(7)15/h5-6,9,18H,2-4H2,1H3. The van der Waals surface area contributed by atoms with Crippen molar-refractivity contribution in [3.63, 3.8) is 0 Å². The van der Waals surface area contributed by atoms with E-state index in [-0.39, 0.29) is 10.5 Å². The molecule has 1 aromatic carbocycles. The summed E-state index contributed by atoms with van der Waals surface area (Å²) in [7, 11) is 1.92. The van der Waals surface area contributed by atoms with Crippen LogP contribution in [0.4, 0.5) is 8.78 Å². The molecular formula is C14H13BrF2N2S. The molecule has 0 spiro atoms. The number of aromatic nitrogens is 1. The Balaban J connectivity index is 2.08. The number of nitrogens with one attached hydrogen (secondary N) is 1. The number of rotatable bonds is 2. The van der Waals surface area contributed by atoms with Crippen molar-refractivity contribution in [2.45, 2.75) is 25.3 Å². The average molecular weight is 359 g/mol.